The third kappa shape index (κ3) is 3.73. The lowest BCUT2D eigenvalue weighted by atomic mass is 10.4. The first-order chi connectivity index (χ1) is 9.06. The molecule has 0 atom stereocenters. The van der Waals surface area contributed by atoms with Crippen LogP contribution in [0, 0.1) is 6.92 Å². The SMILES string of the molecule is Cc1cn(CC(=O)N2CCCC2)c(SCC(=O)O)n1. The summed E-state index contributed by atoms with van der Waals surface area (Å²) in [6.45, 7) is 3.72. The van der Waals surface area contributed by atoms with Crippen molar-refractivity contribution in [2.45, 2.75) is 31.5 Å². The fourth-order valence-electron chi connectivity index (χ4n) is 2.09. The highest BCUT2D eigenvalue weighted by molar-refractivity contribution is 7.99. The van der Waals surface area contributed by atoms with E-state index in [9.17, 15) is 9.59 Å². The average molecular weight is 283 g/mol. The van der Waals surface area contributed by atoms with Crippen molar-refractivity contribution in [2.24, 2.45) is 0 Å². The molecule has 1 N–H and O–H groups in total. The monoisotopic (exact) mass is 283 g/mol. The maximum absolute atomic E-state index is 12.1. The van der Waals surface area contributed by atoms with E-state index >= 15 is 0 Å². The lowest BCUT2D eigenvalue weighted by molar-refractivity contribution is -0.134. The van der Waals surface area contributed by atoms with Crippen LogP contribution in [0.1, 0.15) is 18.5 Å². The molecule has 6 nitrogen and oxygen atoms in total. The Morgan fingerprint density at radius 1 is 1.42 bits per heavy atom. The van der Waals surface area contributed by atoms with Gasteiger partial charge in [0.25, 0.3) is 0 Å². The maximum Gasteiger partial charge on any atom is 0.313 e. The molecule has 1 aromatic heterocycles. The molecular weight excluding hydrogens is 266 g/mol. The molecule has 7 heteroatoms. The topological polar surface area (TPSA) is 75.4 Å². The van der Waals surface area contributed by atoms with Gasteiger partial charge in [-0.3, -0.25) is 9.59 Å². The molecular formula is C12H17N3O3S. The van der Waals surface area contributed by atoms with Crippen LogP contribution in [0.15, 0.2) is 11.4 Å². The van der Waals surface area contributed by atoms with E-state index in [1.54, 1.807) is 10.8 Å². The lowest BCUT2D eigenvalue weighted by Crippen LogP contribution is -2.31. The van der Waals surface area contributed by atoms with Crippen LogP contribution in [-0.4, -0.2) is 50.3 Å². The number of hydrogen-bond acceptors (Lipinski definition) is 4. The van der Waals surface area contributed by atoms with Crippen molar-refractivity contribution >= 4 is 23.6 Å². The van der Waals surface area contributed by atoms with Crippen LogP contribution in [0.3, 0.4) is 0 Å². The second-order valence-corrected chi connectivity index (χ2v) is 5.51. The highest BCUT2D eigenvalue weighted by Gasteiger charge is 2.19. The summed E-state index contributed by atoms with van der Waals surface area (Å²) < 4.78 is 1.74. The number of likely N-dealkylation sites (tertiary alicyclic amines) is 1. The fraction of sp³-hybridized carbons (Fsp3) is 0.583. The largest absolute Gasteiger partial charge is 0.481 e. The van der Waals surface area contributed by atoms with Crippen molar-refractivity contribution in [1.29, 1.82) is 0 Å². The molecule has 0 spiro atoms. The summed E-state index contributed by atoms with van der Waals surface area (Å²) in [6.07, 6.45) is 3.92. The minimum atomic E-state index is -0.886. The smallest absolute Gasteiger partial charge is 0.313 e. The number of aryl methyl sites for hydroxylation is 1. The summed E-state index contributed by atoms with van der Waals surface area (Å²) in [6, 6.07) is 0. The Hall–Kier alpha value is -1.50. The predicted molar refractivity (Wildman–Crippen MR) is 71.1 cm³/mol. The summed E-state index contributed by atoms with van der Waals surface area (Å²) in [5, 5.41) is 9.28. The third-order valence-corrected chi connectivity index (χ3v) is 3.92. The normalized spacial score (nSPS) is 14.9. The lowest BCUT2D eigenvalue weighted by Gasteiger charge is -2.16. The highest BCUT2D eigenvalue weighted by Crippen LogP contribution is 2.18. The van der Waals surface area contributed by atoms with E-state index in [-0.39, 0.29) is 18.2 Å². The van der Waals surface area contributed by atoms with Crippen molar-refractivity contribution in [2.75, 3.05) is 18.8 Å². The Labute approximate surface area is 115 Å². The minimum Gasteiger partial charge on any atom is -0.481 e. The molecule has 1 aromatic rings. The quantitative estimate of drug-likeness (QED) is 0.816. The number of nitrogens with zero attached hydrogens (tertiary/aromatic N) is 3. The number of carboxylic acid groups (broad SMARTS) is 1. The summed E-state index contributed by atoms with van der Waals surface area (Å²) in [5.41, 5.74) is 0.794. The van der Waals surface area contributed by atoms with Gasteiger partial charge in [-0.05, 0) is 19.8 Å². The van der Waals surface area contributed by atoms with Crippen LogP contribution >= 0.6 is 11.8 Å². The highest BCUT2D eigenvalue weighted by atomic mass is 32.2. The van der Waals surface area contributed by atoms with Gasteiger partial charge >= 0.3 is 5.97 Å². The Balaban J connectivity index is 2.02. The summed E-state index contributed by atoms with van der Waals surface area (Å²) >= 11 is 1.14. The number of carbonyl (C=O) groups excluding carboxylic acids is 1. The Kier molecular flexibility index (Phi) is 4.47. The van der Waals surface area contributed by atoms with Gasteiger partial charge in [-0.1, -0.05) is 11.8 Å². The van der Waals surface area contributed by atoms with Gasteiger partial charge in [0, 0.05) is 19.3 Å². The van der Waals surface area contributed by atoms with Gasteiger partial charge in [0.15, 0.2) is 5.16 Å². The molecule has 0 aromatic carbocycles. The Bertz CT molecular complexity index is 481. The molecule has 1 amide bonds. The second kappa shape index (κ2) is 6.10. The zero-order chi connectivity index (χ0) is 13.8. The van der Waals surface area contributed by atoms with Crippen LogP contribution in [0.5, 0.6) is 0 Å². The van der Waals surface area contributed by atoms with Crippen molar-refractivity contribution in [3.8, 4) is 0 Å². The van der Waals surface area contributed by atoms with Crippen molar-refractivity contribution in [3.63, 3.8) is 0 Å². The van der Waals surface area contributed by atoms with Crippen molar-refractivity contribution in [3.05, 3.63) is 11.9 Å². The number of rotatable bonds is 5. The third-order valence-electron chi connectivity index (χ3n) is 2.95. The van der Waals surface area contributed by atoms with Gasteiger partial charge < -0.3 is 14.6 Å². The molecule has 0 saturated carbocycles. The molecule has 1 aliphatic rings. The molecule has 0 aliphatic carbocycles. The minimum absolute atomic E-state index is 0.0473. The zero-order valence-electron chi connectivity index (χ0n) is 10.8. The van der Waals surface area contributed by atoms with Gasteiger partial charge in [0.05, 0.1) is 11.4 Å². The molecule has 19 heavy (non-hydrogen) atoms. The van der Waals surface area contributed by atoms with E-state index in [0.29, 0.717) is 5.16 Å². The first-order valence-electron chi connectivity index (χ1n) is 6.22. The van der Waals surface area contributed by atoms with E-state index in [1.807, 2.05) is 11.8 Å². The second-order valence-electron chi connectivity index (χ2n) is 4.56. The number of hydrogen-bond donors (Lipinski definition) is 1. The number of imidazole rings is 1. The standard InChI is InChI=1S/C12H17N3O3S/c1-9-6-15(12(13-9)19-8-11(17)18)7-10(16)14-4-2-3-5-14/h6H,2-5,7-8H2,1H3,(H,17,18). The number of thioether (sulfide) groups is 1. The molecule has 0 unspecified atom stereocenters. The average Bonchev–Trinajstić information content (AvgIpc) is 2.96. The van der Waals surface area contributed by atoms with Crippen LogP contribution < -0.4 is 0 Å². The Morgan fingerprint density at radius 3 is 2.74 bits per heavy atom. The molecule has 0 radical (unpaired) electrons. The first-order valence-corrected chi connectivity index (χ1v) is 7.21. The molecule has 0 bridgehead atoms. The number of carboxylic acids is 1. The number of aliphatic carboxylic acids is 1. The summed E-state index contributed by atoms with van der Waals surface area (Å²) in [7, 11) is 0. The Morgan fingerprint density at radius 2 is 2.11 bits per heavy atom. The van der Waals surface area contributed by atoms with Crippen molar-refractivity contribution < 1.29 is 14.7 Å². The maximum atomic E-state index is 12.1. The molecule has 2 rings (SSSR count). The number of aromatic nitrogens is 2. The van der Waals surface area contributed by atoms with Crippen LogP contribution in [-0.2, 0) is 16.1 Å². The van der Waals surface area contributed by atoms with E-state index in [2.05, 4.69) is 4.98 Å². The number of amides is 1. The molecule has 2 heterocycles. The van der Waals surface area contributed by atoms with Gasteiger partial charge in [-0.15, -0.1) is 0 Å². The molecule has 1 saturated heterocycles. The van der Waals surface area contributed by atoms with Gasteiger partial charge in [0.2, 0.25) is 5.91 Å². The van der Waals surface area contributed by atoms with Gasteiger partial charge in [0.1, 0.15) is 6.54 Å². The molecule has 1 fully saturated rings. The van der Waals surface area contributed by atoms with E-state index in [0.717, 1.165) is 43.4 Å². The summed E-state index contributed by atoms with van der Waals surface area (Å²) in [4.78, 5) is 28.8. The predicted octanol–water partition coefficient (Wildman–Crippen LogP) is 0.991. The first kappa shape index (κ1) is 13.9. The van der Waals surface area contributed by atoms with Crippen LogP contribution in [0.4, 0.5) is 0 Å². The van der Waals surface area contributed by atoms with Crippen LogP contribution in [0.25, 0.3) is 0 Å². The van der Waals surface area contributed by atoms with E-state index in [1.165, 1.54) is 0 Å². The number of carbonyl (C=O) groups is 2. The molecule has 104 valence electrons. The van der Waals surface area contributed by atoms with Gasteiger partial charge in [-0.2, -0.15) is 0 Å². The fourth-order valence-corrected chi connectivity index (χ4v) is 2.84. The van der Waals surface area contributed by atoms with Crippen molar-refractivity contribution in [1.82, 2.24) is 14.5 Å². The van der Waals surface area contributed by atoms with Crippen LogP contribution in [0.2, 0.25) is 0 Å². The zero-order valence-corrected chi connectivity index (χ0v) is 11.7. The summed E-state index contributed by atoms with van der Waals surface area (Å²) in [5.74, 6) is -0.857. The van der Waals surface area contributed by atoms with E-state index in [4.69, 9.17) is 5.11 Å². The molecule has 1 aliphatic heterocycles. The van der Waals surface area contributed by atoms with Gasteiger partial charge in [-0.25, -0.2) is 4.98 Å². The van der Waals surface area contributed by atoms with E-state index < -0.39 is 5.97 Å².